The van der Waals surface area contributed by atoms with Gasteiger partial charge in [0.05, 0.1) is 4.90 Å². The van der Waals surface area contributed by atoms with E-state index in [1.807, 2.05) is 0 Å². The number of hydrogen-bond acceptors (Lipinski definition) is 3. The highest BCUT2D eigenvalue weighted by molar-refractivity contribution is 8.13. The number of halogens is 1. The molecule has 1 aromatic carbocycles. The SMILES string of the molecule is Cc1cc(C(=O)NCC2(C)CC2)cc(S(=O)(=O)Cl)c1C. The molecule has 0 unspecified atom stereocenters. The van der Waals surface area contributed by atoms with Gasteiger partial charge in [-0.25, -0.2) is 8.42 Å². The molecule has 0 bridgehead atoms. The molecule has 1 amide bonds. The number of hydrogen-bond donors (Lipinski definition) is 1. The van der Waals surface area contributed by atoms with Gasteiger partial charge in [-0.1, -0.05) is 6.92 Å². The molecule has 0 atom stereocenters. The maximum Gasteiger partial charge on any atom is 0.261 e. The zero-order chi connectivity index (χ0) is 15.1. The van der Waals surface area contributed by atoms with Gasteiger partial charge in [-0.2, -0.15) is 0 Å². The summed E-state index contributed by atoms with van der Waals surface area (Å²) < 4.78 is 23.1. The number of amides is 1. The summed E-state index contributed by atoms with van der Waals surface area (Å²) in [5.74, 6) is -0.261. The number of benzene rings is 1. The third-order valence-corrected chi connectivity index (χ3v) is 5.37. The van der Waals surface area contributed by atoms with E-state index in [0.717, 1.165) is 18.4 Å². The van der Waals surface area contributed by atoms with E-state index in [0.29, 0.717) is 17.7 Å². The molecular formula is C14H18ClNO3S. The molecule has 20 heavy (non-hydrogen) atoms. The number of aryl methyl sites for hydroxylation is 1. The molecule has 2 rings (SSSR count). The van der Waals surface area contributed by atoms with Crippen LogP contribution in [-0.4, -0.2) is 20.9 Å². The Hall–Kier alpha value is -1.07. The molecule has 0 radical (unpaired) electrons. The lowest BCUT2D eigenvalue weighted by atomic mass is 10.1. The van der Waals surface area contributed by atoms with Crippen molar-refractivity contribution in [2.75, 3.05) is 6.54 Å². The van der Waals surface area contributed by atoms with Crippen molar-refractivity contribution < 1.29 is 13.2 Å². The zero-order valence-corrected chi connectivity index (χ0v) is 13.4. The van der Waals surface area contributed by atoms with Gasteiger partial charge in [0.25, 0.3) is 15.0 Å². The number of carbonyl (C=O) groups is 1. The van der Waals surface area contributed by atoms with E-state index in [1.165, 1.54) is 6.07 Å². The molecule has 0 heterocycles. The average molecular weight is 316 g/mol. The van der Waals surface area contributed by atoms with Crippen molar-refractivity contribution in [3.8, 4) is 0 Å². The third-order valence-electron chi connectivity index (χ3n) is 3.92. The monoisotopic (exact) mass is 315 g/mol. The lowest BCUT2D eigenvalue weighted by Crippen LogP contribution is -2.29. The standard InChI is InChI=1S/C14H18ClNO3S/c1-9-6-11(7-12(10(9)2)20(15,18)19)13(17)16-8-14(3)4-5-14/h6-7H,4-5,8H2,1-3H3,(H,16,17). The van der Waals surface area contributed by atoms with Crippen molar-refractivity contribution in [1.82, 2.24) is 5.32 Å². The molecule has 1 aromatic rings. The van der Waals surface area contributed by atoms with Crippen molar-refractivity contribution in [2.45, 2.75) is 38.5 Å². The molecule has 1 aliphatic carbocycles. The maximum absolute atomic E-state index is 12.1. The Kier molecular flexibility index (Phi) is 3.86. The molecule has 6 heteroatoms. The van der Waals surface area contributed by atoms with Gasteiger partial charge in [-0.05, 0) is 55.4 Å². The fraction of sp³-hybridized carbons (Fsp3) is 0.500. The fourth-order valence-electron chi connectivity index (χ4n) is 2.00. The summed E-state index contributed by atoms with van der Waals surface area (Å²) in [4.78, 5) is 12.1. The highest BCUT2D eigenvalue weighted by Crippen LogP contribution is 2.44. The van der Waals surface area contributed by atoms with E-state index in [2.05, 4.69) is 12.2 Å². The van der Waals surface area contributed by atoms with Crippen LogP contribution in [-0.2, 0) is 9.05 Å². The van der Waals surface area contributed by atoms with E-state index in [9.17, 15) is 13.2 Å². The van der Waals surface area contributed by atoms with E-state index in [-0.39, 0.29) is 16.2 Å². The first-order valence-corrected chi connectivity index (χ1v) is 8.77. The van der Waals surface area contributed by atoms with Crippen molar-refractivity contribution in [3.05, 3.63) is 28.8 Å². The Morgan fingerprint density at radius 2 is 1.95 bits per heavy atom. The first-order valence-electron chi connectivity index (χ1n) is 6.46. The predicted octanol–water partition coefficient (Wildman–Crippen LogP) is 2.76. The second kappa shape index (κ2) is 5.04. The van der Waals surface area contributed by atoms with Crippen molar-refractivity contribution >= 4 is 25.6 Å². The van der Waals surface area contributed by atoms with Crippen LogP contribution in [0, 0.1) is 19.3 Å². The number of carbonyl (C=O) groups excluding carboxylic acids is 1. The molecule has 110 valence electrons. The van der Waals surface area contributed by atoms with Gasteiger partial charge in [0.2, 0.25) is 0 Å². The Bertz CT molecular complexity index is 663. The molecule has 1 fully saturated rings. The normalized spacial score (nSPS) is 16.8. The Labute approximate surface area is 123 Å². The van der Waals surface area contributed by atoms with Crippen molar-refractivity contribution in [1.29, 1.82) is 0 Å². The molecule has 4 nitrogen and oxygen atoms in total. The van der Waals surface area contributed by atoms with Crippen LogP contribution >= 0.6 is 10.7 Å². The third kappa shape index (κ3) is 3.33. The quantitative estimate of drug-likeness (QED) is 0.869. The largest absolute Gasteiger partial charge is 0.351 e. The highest BCUT2D eigenvalue weighted by atomic mass is 35.7. The minimum Gasteiger partial charge on any atom is -0.351 e. The summed E-state index contributed by atoms with van der Waals surface area (Å²) in [5.41, 5.74) is 1.84. The van der Waals surface area contributed by atoms with Gasteiger partial charge in [0, 0.05) is 22.8 Å². The lowest BCUT2D eigenvalue weighted by Gasteiger charge is -2.12. The number of rotatable bonds is 4. The van der Waals surface area contributed by atoms with Crippen LogP contribution in [0.15, 0.2) is 17.0 Å². The minimum atomic E-state index is -3.85. The Morgan fingerprint density at radius 1 is 1.35 bits per heavy atom. The minimum absolute atomic E-state index is 0.00181. The molecule has 0 aliphatic heterocycles. The molecule has 0 aromatic heterocycles. The summed E-state index contributed by atoms with van der Waals surface area (Å²) in [6, 6.07) is 3.03. The van der Waals surface area contributed by atoms with Crippen LogP contribution in [0.5, 0.6) is 0 Å². The molecule has 1 saturated carbocycles. The van der Waals surface area contributed by atoms with Crippen LogP contribution in [0.1, 0.15) is 41.3 Å². The van der Waals surface area contributed by atoms with Gasteiger partial charge in [0.15, 0.2) is 0 Å². The highest BCUT2D eigenvalue weighted by Gasteiger charge is 2.37. The summed E-state index contributed by atoms with van der Waals surface area (Å²) >= 11 is 0. The summed E-state index contributed by atoms with van der Waals surface area (Å²) in [5, 5.41) is 2.85. The van der Waals surface area contributed by atoms with Crippen LogP contribution in [0.2, 0.25) is 0 Å². The zero-order valence-electron chi connectivity index (χ0n) is 11.8. The topological polar surface area (TPSA) is 63.2 Å². The second-order valence-electron chi connectivity index (χ2n) is 5.85. The molecule has 1 aliphatic rings. The van der Waals surface area contributed by atoms with E-state index < -0.39 is 9.05 Å². The molecular weight excluding hydrogens is 298 g/mol. The van der Waals surface area contributed by atoms with Crippen molar-refractivity contribution in [3.63, 3.8) is 0 Å². The van der Waals surface area contributed by atoms with Gasteiger partial charge in [0.1, 0.15) is 0 Å². The first-order chi connectivity index (χ1) is 9.12. The van der Waals surface area contributed by atoms with Gasteiger partial charge in [-0.3, -0.25) is 4.79 Å². The Morgan fingerprint density at radius 3 is 2.45 bits per heavy atom. The van der Waals surface area contributed by atoms with Crippen molar-refractivity contribution in [2.24, 2.45) is 5.41 Å². The van der Waals surface area contributed by atoms with Gasteiger partial charge >= 0.3 is 0 Å². The Balaban J connectivity index is 2.28. The van der Waals surface area contributed by atoms with Crippen LogP contribution in [0.3, 0.4) is 0 Å². The first kappa shape index (κ1) is 15.3. The summed E-state index contributed by atoms with van der Waals surface area (Å²) in [7, 11) is 1.56. The van der Waals surface area contributed by atoms with Crippen LogP contribution in [0.25, 0.3) is 0 Å². The molecule has 1 N–H and O–H groups in total. The predicted molar refractivity (Wildman–Crippen MR) is 78.6 cm³/mol. The average Bonchev–Trinajstić information content (AvgIpc) is 3.06. The fourth-order valence-corrected chi connectivity index (χ4v) is 3.27. The van der Waals surface area contributed by atoms with Gasteiger partial charge in [-0.15, -0.1) is 0 Å². The van der Waals surface area contributed by atoms with E-state index in [1.54, 1.807) is 19.9 Å². The molecule has 0 saturated heterocycles. The number of nitrogens with one attached hydrogen (secondary N) is 1. The lowest BCUT2D eigenvalue weighted by molar-refractivity contribution is 0.0946. The van der Waals surface area contributed by atoms with E-state index >= 15 is 0 Å². The van der Waals surface area contributed by atoms with Crippen LogP contribution in [0.4, 0.5) is 0 Å². The summed E-state index contributed by atoms with van der Waals surface area (Å²) in [6.45, 7) is 6.17. The van der Waals surface area contributed by atoms with Gasteiger partial charge < -0.3 is 5.32 Å². The second-order valence-corrected chi connectivity index (χ2v) is 8.38. The van der Waals surface area contributed by atoms with E-state index in [4.69, 9.17) is 10.7 Å². The maximum atomic E-state index is 12.1. The van der Waals surface area contributed by atoms with Crippen LogP contribution < -0.4 is 5.32 Å². The summed E-state index contributed by atoms with van der Waals surface area (Å²) in [6.07, 6.45) is 2.23. The molecule has 0 spiro atoms. The smallest absolute Gasteiger partial charge is 0.261 e.